The highest BCUT2D eigenvalue weighted by Crippen LogP contribution is 2.22. The molecule has 0 aliphatic carbocycles. The number of aliphatic carboxylic acids is 1. The first-order valence-electron chi connectivity index (χ1n) is 6.23. The van der Waals surface area contributed by atoms with Crippen molar-refractivity contribution >= 4 is 40.3 Å². The van der Waals surface area contributed by atoms with Gasteiger partial charge in [0.1, 0.15) is 0 Å². The maximum Gasteiger partial charge on any atom is 0.319 e. The van der Waals surface area contributed by atoms with E-state index in [2.05, 4.69) is 33.2 Å². The molecule has 0 spiro atoms. The molecule has 0 heterocycles. The second-order valence-corrected chi connectivity index (χ2v) is 6.87. The van der Waals surface area contributed by atoms with Crippen LogP contribution < -0.4 is 10.6 Å². The fourth-order valence-corrected chi connectivity index (χ4v) is 2.18. The second-order valence-electron chi connectivity index (χ2n) is 5.63. The third-order valence-corrected chi connectivity index (χ3v) is 3.48. The number of carboxylic acid groups (broad SMARTS) is 1. The molecule has 0 saturated heterocycles. The van der Waals surface area contributed by atoms with Crippen LogP contribution in [0.15, 0.2) is 24.3 Å². The van der Waals surface area contributed by atoms with Crippen molar-refractivity contribution in [1.29, 1.82) is 0 Å². The van der Waals surface area contributed by atoms with E-state index in [1.54, 1.807) is 6.07 Å². The number of halogens is 1. The van der Waals surface area contributed by atoms with Gasteiger partial charge in [0.05, 0.1) is 6.42 Å². The quantitative estimate of drug-likeness (QED) is 0.691. The van der Waals surface area contributed by atoms with Gasteiger partial charge in [-0.3, -0.25) is 4.79 Å². The minimum absolute atomic E-state index is 0.108. The van der Waals surface area contributed by atoms with Crippen LogP contribution >= 0.6 is 22.6 Å². The minimum Gasteiger partial charge on any atom is -0.481 e. The first-order valence-corrected chi connectivity index (χ1v) is 7.31. The Morgan fingerprint density at radius 2 is 2.00 bits per heavy atom. The molecular weight excluding hydrogens is 371 g/mol. The van der Waals surface area contributed by atoms with E-state index in [1.807, 2.05) is 39.0 Å². The molecule has 0 aliphatic heterocycles. The summed E-state index contributed by atoms with van der Waals surface area (Å²) in [5, 5.41) is 14.3. The minimum atomic E-state index is -0.931. The molecule has 110 valence electrons. The Kier molecular flexibility index (Phi) is 5.79. The number of hydrogen-bond donors (Lipinski definition) is 3. The van der Waals surface area contributed by atoms with Crippen molar-refractivity contribution in [2.45, 2.75) is 33.2 Å². The van der Waals surface area contributed by atoms with Gasteiger partial charge >= 0.3 is 12.0 Å². The molecule has 2 amide bonds. The molecule has 0 aromatic heterocycles. The van der Waals surface area contributed by atoms with Gasteiger partial charge in [0.25, 0.3) is 0 Å². The average Bonchev–Trinajstić information content (AvgIpc) is 2.26. The van der Waals surface area contributed by atoms with Gasteiger partial charge in [-0.25, -0.2) is 4.79 Å². The van der Waals surface area contributed by atoms with Crippen LogP contribution in [-0.2, 0) is 4.79 Å². The van der Waals surface area contributed by atoms with Crippen LogP contribution in [0.1, 0.15) is 27.2 Å². The van der Waals surface area contributed by atoms with E-state index in [9.17, 15) is 9.59 Å². The lowest BCUT2D eigenvalue weighted by Gasteiger charge is -2.30. The highest BCUT2D eigenvalue weighted by atomic mass is 127. The van der Waals surface area contributed by atoms with Crippen LogP contribution in [-0.4, -0.2) is 23.1 Å². The zero-order chi connectivity index (χ0) is 15.3. The monoisotopic (exact) mass is 390 g/mol. The van der Waals surface area contributed by atoms with Crippen molar-refractivity contribution in [3.63, 3.8) is 0 Å². The van der Waals surface area contributed by atoms with Crippen molar-refractivity contribution in [2.24, 2.45) is 5.41 Å². The second kappa shape index (κ2) is 6.92. The number of rotatable bonds is 4. The number of carbonyl (C=O) groups excluding carboxylic acids is 1. The Bertz CT molecular complexity index is 497. The molecule has 0 fully saturated rings. The molecule has 20 heavy (non-hydrogen) atoms. The maximum atomic E-state index is 11.9. The summed E-state index contributed by atoms with van der Waals surface area (Å²) in [6.45, 7) is 5.69. The van der Waals surface area contributed by atoms with E-state index in [0.717, 1.165) is 3.57 Å². The lowest BCUT2D eigenvalue weighted by molar-refractivity contribution is -0.138. The lowest BCUT2D eigenvalue weighted by atomic mass is 9.85. The molecule has 1 unspecified atom stereocenters. The molecule has 0 radical (unpaired) electrons. The summed E-state index contributed by atoms with van der Waals surface area (Å²) in [6.07, 6.45) is -0.108. The van der Waals surface area contributed by atoms with Crippen LogP contribution in [0.3, 0.4) is 0 Å². The molecule has 1 aromatic rings. The topological polar surface area (TPSA) is 78.4 Å². The predicted molar refractivity (Wildman–Crippen MR) is 86.8 cm³/mol. The molecule has 0 bridgehead atoms. The zero-order valence-corrected chi connectivity index (χ0v) is 13.9. The number of anilines is 1. The largest absolute Gasteiger partial charge is 0.481 e. The first kappa shape index (κ1) is 16.7. The number of urea groups is 1. The Hall–Kier alpha value is -1.31. The summed E-state index contributed by atoms with van der Waals surface area (Å²) in [5.74, 6) is -0.931. The summed E-state index contributed by atoms with van der Waals surface area (Å²) in [7, 11) is 0. The van der Waals surface area contributed by atoms with Gasteiger partial charge in [0, 0.05) is 15.3 Å². The van der Waals surface area contributed by atoms with Crippen molar-refractivity contribution in [3.8, 4) is 0 Å². The summed E-state index contributed by atoms with van der Waals surface area (Å²) in [4.78, 5) is 22.8. The number of amides is 2. The molecular formula is C14H19IN2O3. The summed E-state index contributed by atoms with van der Waals surface area (Å²) >= 11 is 2.16. The first-order chi connectivity index (χ1) is 9.18. The van der Waals surface area contributed by atoms with Crippen molar-refractivity contribution in [3.05, 3.63) is 27.8 Å². The van der Waals surface area contributed by atoms with Crippen LogP contribution in [0.5, 0.6) is 0 Å². The van der Waals surface area contributed by atoms with Crippen molar-refractivity contribution in [2.75, 3.05) is 5.32 Å². The molecule has 0 aliphatic rings. The van der Waals surface area contributed by atoms with Gasteiger partial charge in [-0.2, -0.15) is 0 Å². The number of carbonyl (C=O) groups is 2. The van der Waals surface area contributed by atoms with Crippen LogP contribution in [0.4, 0.5) is 10.5 Å². The molecule has 1 aromatic carbocycles. The molecule has 1 rings (SSSR count). The molecule has 1 atom stereocenters. The normalized spacial score (nSPS) is 12.6. The Balaban J connectivity index is 2.69. The van der Waals surface area contributed by atoms with Gasteiger partial charge in [-0.15, -0.1) is 0 Å². The van der Waals surface area contributed by atoms with Gasteiger partial charge in [-0.1, -0.05) is 26.8 Å². The highest BCUT2D eigenvalue weighted by Gasteiger charge is 2.28. The molecule has 0 saturated carbocycles. The molecule has 5 nitrogen and oxygen atoms in total. The van der Waals surface area contributed by atoms with Gasteiger partial charge < -0.3 is 15.7 Å². The summed E-state index contributed by atoms with van der Waals surface area (Å²) < 4.78 is 1.01. The van der Waals surface area contributed by atoms with E-state index in [0.29, 0.717) is 5.69 Å². The number of hydrogen-bond acceptors (Lipinski definition) is 2. The number of benzene rings is 1. The standard InChI is InChI=1S/C14H19IN2O3/c1-14(2,3)11(8-12(18)19)17-13(20)16-10-6-4-5-9(15)7-10/h4-7,11H,8H2,1-3H3,(H,18,19)(H2,16,17,20). The van der Waals surface area contributed by atoms with E-state index in [1.165, 1.54) is 0 Å². The smallest absolute Gasteiger partial charge is 0.319 e. The average molecular weight is 390 g/mol. The SMILES string of the molecule is CC(C)(C)C(CC(=O)O)NC(=O)Nc1cccc(I)c1. The van der Waals surface area contributed by atoms with E-state index >= 15 is 0 Å². The van der Waals surface area contributed by atoms with E-state index in [4.69, 9.17) is 5.11 Å². The maximum absolute atomic E-state index is 11.9. The van der Waals surface area contributed by atoms with Gasteiger partial charge in [0.2, 0.25) is 0 Å². The van der Waals surface area contributed by atoms with Crippen LogP contribution in [0, 0.1) is 8.99 Å². The Labute approximate surface area is 132 Å². The Morgan fingerprint density at radius 3 is 2.50 bits per heavy atom. The molecule has 3 N–H and O–H groups in total. The van der Waals surface area contributed by atoms with Crippen LogP contribution in [0.2, 0.25) is 0 Å². The third-order valence-electron chi connectivity index (χ3n) is 2.81. The lowest BCUT2D eigenvalue weighted by Crippen LogP contribution is -2.46. The third kappa shape index (κ3) is 5.77. The Morgan fingerprint density at radius 1 is 1.35 bits per heavy atom. The number of carboxylic acids is 1. The fraction of sp³-hybridized carbons (Fsp3) is 0.429. The fourth-order valence-electron chi connectivity index (χ4n) is 1.64. The van der Waals surface area contributed by atoms with Gasteiger partial charge in [-0.05, 0) is 46.2 Å². The summed E-state index contributed by atoms with van der Waals surface area (Å²) in [5.41, 5.74) is 0.346. The van der Waals surface area contributed by atoms with Crippen molar-refractivity contribution < 1.29 is 14.7 Å². The summed E-state index contributed by atoms with van der Waals surface area (Å²) in [6, 6.07) is 6.55. The zero-order valence-electron chi connectivity index (χ0n) is 11.7. The van der Waals surface area contributed by atoms with Crippen molar-refractivity contribution in [1.82, 2.24) is 5.32 Å². The van der Waals surface area contributed by atoms with E-state index in [-0.39, 0.29) is 11.8 Å². The van der Waals surface area contributed by atoms with Crippen LogP contribution in [0.25, 0.3) is 0 Å². The van der Waals surface area contributed by atoms with E-state index < -0.39 is 18.0 Å². The van der Waals surface area contributed by atoms with Gasteiger partial charge in [0.15, 0.2) is 0 Å². The number of nitrogens with one attached hydrogen (secondary N) is 2. The predicted octanol–water partition coefficient (Wildman–Crippen LogP) is 3.30. The molecule has 6 heteroatoms. The highest BCUT2D eigenvalue weighted by molar-refractivity contribution is 14.1.